The first-order valence-corrected chi connectivity index (χ1v) is 8.42. The van der Waals surface area contributed by atoms with Crippen molar-refractivity contribution in [3.8, 4) is 22.9 Å². The van der Waals surface area contributed by atoms with Gasteiger partial charge in [0.25, 0.3) is 0 Å². The SMILES string of the molecule is COc1cc(/C=N\n2c(-c3ccccc3)n[nH]c2=S)cc(I)c1O. The van der Waals surface area contributed by atoms with Gasteiger partial charge < -0.3 is 9.84 Å². The van der Waals surface area contributed by atoms with Gasteiger partial charge in [-0.3, -0.25) is 0 Å². The number of phenolic OH excluding ortho intramolecular Hbond substituents is 1. The Morgan fingerprint density at radius 1 is 1.33 bits per heavy atom. The maximum absolute atomic E-state index is 9.90. The number of aromatic amines is 1. The summed E-state index contributed by atoms with van der Waals surface area (Å²) in [5.74, 6) is 1.12. The highest BCUT2D eigenvalue weighted by molar-refractivity contribution is 14.1. The van der Waals surface area contributed by atoms with Gasteiger partial charge in [-0.2, -0.15) is 14.9 Å². The molecule has 0 unspecified atom stereocenters. The van der Waals surface area contributed by atoms with E-state index in [-0.39, 0.29) is 5.75 Å². The van der Waals surface area contributed by atoms with Crippen molar-refractivity contribution in [2.24, 2.45) is 5.10 Å². The summed E-state index contributed by atoms with van der Waals surface area (Å²) in [6, 6.07) is 13.2. The van der Waals surface area contributed by atoms with E-state index >= 15 is 0 Å². The third kappa shape index (κ3) is 3.34. The van der Waals surface area contributed by atoms with Gasteiger partial charge in [-0.25, -0.2) is 5.10 Å². The Balaban J connectivity index is 2.01. The summed E-state index contributed by atoms with van der Waals surface area (Å²) in [4.78, 5) is 0. The molecule has 1 aromatic heterocycles. The van der Waals surface area contributed by atoms with Crippen molar-refractivity contribution in [1.82, 2.24) is 14.9 Å². The lowest BCUT2D eigenvalue weighted by molar-refractivity contribution is 0.371. The van der Waals surface area contributed by atoms with Crippen LogP contribution in [0.25, 0.3) is 11.4 Å². The van der Waals surface area contributed by atoms with E-state index in [1.165, 1.54) is 7.11 Å². The average Bonchev–Trinajstić information content (AvgIpc) is 2.97. The van der Waals surface area contributed by atoms with Crippen LogP contribution in [0.3, 0.4) is 0 Å². The fourth-order valence-corrected chi connectivity index (χ4v) is 2.93. The predicted molar refractivity (Wildman–Crippen MR) is 103 cm³/mol. The van der Waals surface area contributed by atoms with Gasteiger partial charge in [-0.15, -0.1) is 0 Å². The van der Waals surface area contributed by atoms with Crippen LogP contribution in [0.5, 0.6) is 11.5 Å². The number of hydrogen-bond acceptors (Lipinski definition) is 5. The zero-order valence-electron chi connectivity index (χ0n) is 12.6. The number of H-pyrrole nitrogens is 1. The van der Waals surface area contributed by atoms with Gasteiger partial charge >= 0.3 is 0 Å². The summed E-state index contributed by atoms with van der Waals surface area (Å²) in [5, 5.41) is 21.3. The van der Waals surface area contributed by atoms with Crippen LogP contribution in [-0.2, 0) is 0 Å². The van der Waals surface area contributed by atoms with Gasteiger partial charge in [0.05, 0.1) is 16.9 Å². The van der Waals surface area contributed by atoms with Crippen LogP contribution in [-0.4, -0.2) is 33.3 Å². The summed E-state index contributed by atoms with van der Waals surface area (Å²) in [7, 11) is 1.51. The molecule has 8 heteroatoms. The van der Waals surface area contributed by atoms with E-state index in [9.17, 15) is 5.11 Å². The fourth-order valence-electron chi connectivity index (χ4n) is 2.12. The molecule has 0 aliphatic carbocycles. The highest BCUT2D eigenvalue weighted by Crippen LogP contribution is 2.31. The molecule has 122 valence electrons. The minimum absolute atomic E-state index is 0.111. The van der Waals surface area contributed by atoms with Gasteiger partial charge in [0.1, 0.15) is 0 Å². The number of aromatic hydroxyl groups is 1. The third-order valence-corrected chi connectivity index (χ3v) is 4.36. The van der Waals surface area contributed by atoms with Crippen LogP contribution >= 0.6 is 34.8 Å². The zero-order chi connectivity index (χ0) is 17.1. The second-order valence-electron chi connectivity index (χ2n) is 4.83. The van der Waals surface area contributed by atoms with Crippen molar-refractivity contribution in [1.29, 1.82) is 0 Å². The molecule has 0 bridgehead atoms. The highest BCUT2D eigenvalue weighted by atomic mass is 127. The Morgan fingerprint density at radius 2 is 2.08 bits per heavy atom. The molecule has 6 nitrogen and oxygen atoms in total. The first kappa shape index (κ1) is 16.7. The Morgan fingerprint density at radius 3 is 2.79 bits per heavy atom. The smallest absolute Gasteiger partial charge is 0.216 e. The number of hydrogen-bond donors (Lipinski definition) is 2. The van der Waals surface area contributed by atoms with Crippen LogP contribution in [0.4, 0.5) is 0 Å². The molecule has 0 radical (unpaired) electrons. The predicted octanol–water partition coefficient (Wildman–Crippen LogP) is 3.81. The monoisotopic (exact) mass is 452 g/mol. The molecule has 0 amide bonds. The maximum atomic E-state index is 9.90. The van der Waals surface area contributed by atoms with Gasteiger partial charge in [-0.05, 0) is 52.5 Å². The number of rotatable bonds is 4. The van der Waals surface area contributed by atoms with E-state index in [4.69, 9.17) is 17.0 Å². The third-order valence-electron chi connectivity index (χ3n) is 3.28. The molecule has 24 heavy (non-hydrogen) atoms. The molecule has 3 rings (SSSR count). The van der Waals surface area contributed by atoms with E-state index in [1.807, 2.05) is 52.9 Å². The minimum atomic E-state index is 0.111. The van der Waals surface area contributed by atoms with Crippen LogP contribution < -0.4 is 4.74 Å². The summed E-state index contributed by atoms with van der Waals surface area (Å²) in [5.41, 5.74) is 1.68. The molecular weight excluding hydrogens is 439 g/mol. The molecule has 0 fully saturated rings. The number of methoxy groups -OCH3 is 1. The molecule has 0 aliphatic rings. The van der Waals surface area contributed by atoms with Crippen molar-refractivity contribution >= 4 is 41.0 Å². The second-order valence-corrected chi connectivity index (χ2v) is 6.38. The summed E-state index contributed by atoms with van der Waals surface area (Å²) in [6.45, 7) is 0. The number of phenols is 1. The molecule has 0 aliphatic heterocycles. The second kappa shape index (κ2) is 7.14. The van der Waals surface area contributed by atoms with E-state index < -0.39 is 0 Å². The first-order valence-electron chi connectivity index (χ1n) is 6.94. The van der Waals surface area contributed by atoms with E-state index in [2.05, 4.69) is 15.3 Å². The van der Waals surface area contributed by atoms with E-state index in [1.54, 1.807) is 23.0 Å². The lowest BCUT2D eigenvalue weighted by Crippen LogP contribution is -1.96. The fraction of sp³-hybridized carbons (Fsp3) is 0.0625. The minimum Gasteiger partial charge on any atom is -0.504 e. The molecule has 0 spiro atoms. The molecule has 0 saturated carbocycles. The Hall–Kier alpha value is -2.20. The van der Waals surface area contributed by atoms with E-state index in [0.29, 0.717) is 19.9 Å². The lowest BCUT2D eigenvalue weighted by Gasteiger charge is -2.06. The van der Waals surface area contributed by atoms with Crippen molar-refractivity contribution in [2.75, 3.05) is 7.11 Å². The zero-order valence-corrected chi connectivity index (χ0v) is 15.6. The standard InChI is InChI=1S/C16H13IN4O2S/c1-23-13-8-10(7-12(17)14(13)22)9-18-21-15(19-20-16(21)24)11-5-3-2-4-6-11/h2-9,22H,1H3,(H,20,24)/b18-9-. The molecule has 1 heterocycles. The number of nitrogens with zero attached hydrogens (tertiary/aromatic N) is 3. The van der Waals surface area contributed by atoms with Crippen molar-refractivity contribution in [2.45, 2.75) is 0 Å². The van der Waals surface area contributed by atoms with Crippen LogP contribution in [0.1, 0.15) is 5.56 Å². The normalized spacial score (nSPS) is 11.1. The Bertz CT molecular complexity index is 950. The van der Waals surface area contributed by atoms with Gasteiger partial charge in [0.2, 0.25) is 4.77 Å². The van der Waals surface area contributed by atoms with Crippen molar-refractivity contribution < 1.29 is 9.84 Å². The van der Waals surface area contributed by atoms with Gasteiger partial charge in [0.15, 0.2) is 17.3 Å². The summed E-state index contributed by atoms with van der Waals surface area (Å²) >= 11 is 7.29. The molecule has 2 aromatic carbocycles. The molecular formula is C16H13IN4O2S. The summed E-state index contributed by atoms with van der Waals surface area (Å²) in [6.07, 6.45) is 1.64. The quantitative estimate of drug-likeness (QED) is 0.359. The van der Waals surface area contributed by atoms with Crippen molar-refractivity contribution in [3.05, 3.63) is 56.4 Å². The molecule has 0 saturated heterocycles. The molecule has 3 aromatic rings. The van der Waals surface area contributed by atoms with Crippen LogP contribution in [0.15, 0.2) is 47.6 Å². The first-order chi connectivity index (χ1) is 11.6. The summed E-state index contributed by atoms with van der Waals surface area (Å²) < 4.78 is 7.78. The number of benzene rings is 2. The maximum Gasteiger partial charge on any atom is 0.216 e. The molecule has 0 atom stereocenters. The number of nitrogens with one attached hydrogen (secondary N) is 1. The van der Waals surface area contributed by atoms with Gasteiger partial charge in [-0.1, -0.05) is 30.3 Å². The Kier molecular flexibility index (Phi) is 4.95. The highest BCUT2D eigenvalue weighted by Gasteiger charge is 2.09. The average molecular weight is 452 g/mol. The van der Waals surface area contributed by atoms with Gasteiger partial charge in [0, 0.05) is 5.56 Å². The van der Waals surface area contributed by atoms with E-state index in [0.717, 1.165) is 11.1 Å². The lowest BCUT2D eigenvalue weighted by atomic mass is 10.2. The number of halogens is 1. The largest absolute Gasteiger partial charge is 0.504 e. The van der Waals surface area contributed by atoms with Crippen LogP contribution in [0.2, 0.25) is 0 Å². The van der Waals surface area contributed by atoms with Crippen molar-refractivity contribution in [3.63, 3.8) is 0 Å². The Labute approximate surface area is 156 Å². The topological polar surface area (TPSA) is 75.4 Å². The molecule has 2 N–H and O–H groups in total. The van der Waals surface area contributed by atoms with Crippen LogP contribution in [0, 0.1) is 8.34 Å². The number of ether oxygens (including phenoxy) is 1. The number of aromatic nitrogens is 3.